The van der Waals surface area contributed by atoms with Gasteiger partial charge in [0.15, 0.2) is 0 Å². The van der Waals surface area contributed by atoms with Crippen LogP contribution < -0.4 is 5.32 Å². The smallest absolute Gasteiger partial charge is 0.408 e. The van der Waals surface area contributed by atoms with Gasteiger partial charge >= 0.3 is 6.09 Å². The quantitative estimate of drug-likeness (QED) is 0.785. The molecule has 0 aromatic rings. The molecular formula is C16H32N2O3. The first-order chi connectivity index (χ1) is 9.62. The van der Waals surface area contributed by atoms with Crippen molar-refractivity contribution in [2.75, 3.05) is 13.1 Å². The van der Waals surface area contributed by atoms with Crippen LogP contribution >= 0.6 is 0 Å². The molecule has 0 bridgehead atoms. The highest BCUT2D eigenvalue weighted by Crippen LogP contribution is 2.11. The van der Waals surface area contributed by atoms with E-state index in [-0.39, 0.29) is 11.8 Å². The zero-order valence-corrected chi connectivity index (χ0v) is 14.7. The summed E-state index contributed by atoms with van der Waals surface area (Å²) in [5, 5.41) is 2.72. The maximum absolute atomic E-state index is 12.6. The van der Waals surface area contributed by atoms with Gasteiger partial charge in [0.1, 0.15) is 11.6 Å². The summed E-state index contributed by atoms with van der Waals surface area (Å²) in [6.07, 6.45) is 1.27. The first-order valence-electron chi connectivity index (χ1n) is 7.90. The minimum absolute atomic E-state index is 0.0150. The molecule has 0 rings (SSSR count). The van der Waals surface area contributed by atoms with Crippen LogP contribution in [-0.4, -0.2) is 41.6 Å². The zero-order valence-electron chi connectivity index (χ0n) is 14.7. The number of hydrogen-bond acceptors (Lipinski definition) is 3. The molecule has 2 amide bonds. The van der Waals surface area contributed by atoms with Gasteiger partial charge in [-0.05, 0) is 39.5 Å². The Morgan fingerprint density at radius 1 is 1.10 bits per heavy atom. The van der Waals surface area contributed by atoms with Crippen molar-refractivity contribution in [1.82, 2.24) is 10.2 Å². The van der Waals surface area contributed by atoms with Crippen molar-refractivity contribution in [3.8, 4) is 0 Å². The van der Waals surface area contributed by atoms with Crippen LogP contribution in [0, 0.1) is 5.92 Å². The van der Waals surface area contributed by atoms with E-state index in [1.165, 1.54) is 0 Å². The molecule has 0 fully saturated rings. The molecule has 0 saturated heterocycles. The van der Waals surface area contributed by atoms with E-state index < -0.39 is 17.7 Å². The van der Waals surface area contributed by atoms with E-state index >= 15 is 0 Å². The molecule has 0 aliphatic rings. The number of rotatable bonds is 7. The fourth-order valence-corrected chi connectivity index (χ4v) is 2.02. The second-order valence-corrected chi connectivity index (χ2v) is 6.69. The molecule has 124 valence electrons. The van der Waals surface area contributed by atoms with Crippen LogP contribution in [0.25, 0.3) is 0 Å². The molecule has 0 saturated carbocycles. The van der Waals surface area contributed by atoms with Crippen LogP contribution in [0.3, 0.4) is 0 Å². The van der Waals surface area contributed by atoms with Gasteiger partial charge in [0.05, 0.1) is 0 Å². The van der Waals surface area contributed by atoms with Gasteiger partial charge in [0.2, 0.25) is 5.91 Å². The van der Waals surface area contributed by atoms with E-state index in [1.54, 1.807) is 20.8 Å². The Hall–Kier alpha value is -1.26. The molecule has 21 heavy (non-hydrogen) atoms. The topological polar surface area (TPSA) is 58.6 Å². The summed E-state index contributed by atoms with van der Waals surface area (Å²) in [5.74, 6) is -0.0132. The summed E-state index contributed by atoms with van der Waals surface area (Å²) in [6.45, 7) is 14.8. The van der Waals surface area contributed by atoms with Gasteiger partial charge in [-0.3, -0.25) is 4.79 Å². The number of ether oxygens (including phenoxy) is 1. The average molecular weight is 300 g/mol. The number of hydrogen-bond donors (Lipinski definition) is 1. The minimum atomic E-state index is -0.568. The molecule has 0 unspecified atom stereocenters. The molecule has 0 radical (unpaired) electrons. The normalized spacial score (nSPS) is 13.0. The standard InChI is InChI=1S/C16H32N2O3/c1-8-10-18(11-9-2)14(19)13(12(3)4)17-15(20)21-16(5,6)7/h12-13H,8-11H2,1-7H3,(H,17,20)/t13-/m0/s1. The van der Waals surface area contributed by atoms with Crippen LogP contribution in [0.15, 0.2) is 0 Å². The lowest BCUT2D eigenvalue weighted by atomic mass is 10.0. The summed E-state index contributed by atoms with van der Waals surface area (Å²) in [7, 11) is 0. The first kappa shape index (κ1) is 19.7. The molecule has 1 N–H and O–H groups in total. The van der Waals surface area contributed by atoms with Crippen LogP contribution in [0.2, 0.25) is 0 Å². The number of nitrogens with zero attached hydrogens (tertiary/aromatic N) is 1. The van der Waals surface area contributed by atoms with Gasteiger partial charge in [-0.15, -0.1) is 0 Å². The number of nitrogens with one attached hydrogen (secondary N) is 1. The van der Waals surface area contributed by atoms with E-state index in [9.17, 15) is 9.59 Å². The Balaban J connectivity index is 4.87. The molecule has 1 atom stereocenters. The number of carbonyl (C=O) groups is 2. The van der Waals surface area contributed by atoms with E-state index in [1.807, 2.05) is 32.6 Å². The maximum Gasteiger partial charge on any atom is 0.408 e. The fraction of sp³-hybridized carbons (Fsp3) is 0.875. The third-order valence-electron chi connectivity index (χ3n) is 2.90. The van der Waals surface area contributed by atoms with Gasteiger partial charge < -0.3 is 15.0 Å². The van der Waals surface area contributed by atoms with Crippen molar-refractivity contribution in [3.05, 3.63) is 0 Å². The lowest BCUT2D eigenvalue weighted by Gasteiger charge is -2.30. The van der Waals surface area contributed by atoms with Gasteiger partial charge in [0, 0.05) is 13.1 Å². The number of amides is 2. The summed E-state index contributed by atoms with van der Waals surface area (Å²) < 4.78 is 5.25. The second-order valence-electron chi connectivity index (χ2n) is 6.69. The van der Waals surface area contributed by atoms with Gasteiger partial charge in [-0.1, -0.05) is 27.7 Å². The van der Waals surface area contributed by atoms with Gasteiger partial charge in [0.25, 0.3) is 0 Å². The Morgan fingerprint density at radius 2 is 1.57 bits per heavy atom. The van der Waals surface area contributed by atoms with Gasteiger partial charge in [-0.25, -0.2) is 4.79 Å². The lowest BCUT2D eigenvalue weighted by Crippen LogP contribution is -2.52. The average Bonchev–Trinajstić information content (AvgIpc) is 2.32. The highest BCUT2D eigenvalue weighted by molar-refractivity contribution is 5.86. The summed E-state index contributed by atoms with van der Waals surface area (Å²) in [4.78, 5) is 26.4. The largest absolute Gasteiger partial charge is 0.444 e. The molecule has 5 heteroatoms. The maximum atomic E-state index is 12.6. The summed E-state index contributed by atoms with van der Waals surface area (Å²) >= 11 is 0. The van der Waals surface area contributed by atoms with Crippen molar-refractivity contribution in [2.45, 2.75) is 73.0 Å². The monoisotopic (exact) mass is 300 g/mol. The molecule has 0 heterocycles. The predicted molar refractivity (Wildman–Crippen MR) is 85.2 cm³/mol. The molecule has 0 aliphatic carbocycles. The Morgan fingerprint density at radius 3 is 1.90 bits per heavy atom. The Kier molecular flexibility index (Phi) is 8.37. The summed E-state index contributed by atoms with van der Waals surface area (Å²) in [6, 6.07) is -0.544. The van der Waals surface area contributed by atoms with Crippen LogP contribution in [0.1, 0.15) is 61.3 Å². The first-order valence-corrected chi connectivity index (χ1v) is 7.90. The lowest BCUT2D eigenvalue weighted by molar-refractivity contribution is -0.134. The van der Waals surface area contributed by atoms with E-state index in [0.29, 0.717) is 13.1 Å². The predicted octanol–water partition coefficient (Wildman–Crippen LogP) is 3.18. The second kappa shape index (κ2) is 8.90. The molecular weight excluding hydrogens is 268 g/mol. The van der Waals surface area contributed by atoms with Crippen LogP contribution in [0.4, 0.5) is 4.79 Å². The number of alkyl carbamates (subject to hydrolysis) is 1. The Labute approximate surface area is 129 Å². The summed E-state index contributed by atoms with van der Waals surface area (Å²) in [5.41, 5.74) is -0.568. The zero-order chi connectivity index (χ0) is 16.6. The molecule has 0 aromatic carbocycles. The number of carbonyl (C=O) groups excluding carboxylic acids is 2. The minimum Gasteiger partial charge on any atom is -0.444 e. The third-order valence-corrected chi connectivity index (χ3v) is 2.90. The van der Waals surface area contributed by atoms with Crippen molar-refractivity contribution in [3.63, 3.8) is 0 Å². The van der Waals surface area contributed by atoms with Crippen molar-refractivity contribution in [1.29, 1.82) is 0 Å². The third kappa shape index (κ3) is 7.93. The van der Waals surface area contributed by atoms with E-state index in [4.69, 9.17) is 4.74 Å². The van der Waals surface area contributed by atoms with Crippen LogP contribution in [-0.2, 0) is 9.53 Å². The molecule has 0 spiro atoms. The molecule has 5 nitrogen and oxygen atoms in total. The SMILES string of the molecule is CCCN(CCC)C(=O)[C@@H](NC(=O)OC(C)(C)C)C(C)C. The van der Waals surface area contributed by atoms with Crippen molar-refractivity contribution >= 4 is 12.0 Å². The van der Waals surface area contributed by atoms with Crippen molar-refractivity contribution < 1.29 is 14.3 Å². The van der Waals surface area contributed by atoms with Gasteiger partial charge in [-0.2, -0.15) is 0 Å². The fourth-order valence-electron chi connectivity index (χ4n) is 2.02. The highest BCUT2D eigenvalue weighted by atomic mass is 16.6. The van der Waals surface area contributed by atoms with E-state index in [0.717, 1.165) is 12.8 Å². The molecule has 0 aliphatic heterocycles. The van der Waals surface area contributed by atoms with E-state index in [2.05, 4.69) is 5.32 Å². The van der Waals surface area contributed by atoms with Crippen LogP contribution in [0.5, 0.6) is 0 Å². The molecule has 0 aromatic heterocycles. The highest BCUT2D eigenvalue weighted by Gasteiger charge is 2.29. The van der Waals surface area contributed by atoms with Crippen molar-refractivity contribution in [2.24, 2.45) is 5.92 Å². The Bertz CT molecular complexity index is 329.